The quantitative estimate of drug-likeness (QED) is 0.619. The van der Waals surface area contributed by atoms with Gasteiger partial charge in [0.2, 0.25) is 10.0 Å². The molecule has 4 rings (SSSR count). The van der Waals surface area contributed by atoms with E-state index in [1.54, 1.807) is 30.3 Å². The van der Waals surface area contributed by atoms with Gasteiger partial charge in [-0.25, -0.2) is 8.42 Å². The van der Waals surface area contributed by atoms with Gasteiger partial charge in [0.15, 0.2) is 0 Å². The van der Waals surface area contributed by atoms with Gasteiger partial charge in [0.25, 0.3) is 5.91 Å². The van der Waals surface area contributed by atoms with Gasteiger partial charge in [-0.3, -0.25) is 4.79 Å². The Morgan fingerprint density at radius 2 is 1.47 bits per heavy atom. The third kappa shape index (κ3) is 4.75. The molecule has 1 heterocycles. The molecule has 3 aromatic carbocycles. The van der Waals surface area contributed by atoms with E-state index >= 15 is 0 Å². The summed E-state index contributed by atoms with van der Waals surface area (Å²) in [6.45, 7) is 5.47. The van der Waals surface area contributed by atoms with Crippen molar-refractivity contribution in [1.29, 1.82) is 0 Å². The van der Waals surface area contributed by atoms with E-state index < -0.39 is 10.0 Å². The number of carbonyl (C=O) groups excluding carboxylic acids is 1. The minimum atomic E-state index is -3.54. The van der Waals surface area contributed by atoms with Crippen LogP contribution in [-0.4, -0.2) is 56.3 Å². The van der Waals surface area contributed by atoms with Crippen LogP contribution in [0.5, 0.6) is 0 Å². The molecule has 3 aromatic rings. The van der Waals surface area contributed by atoms with Gasteiger partial charge in [0.05, 0.1) is 4.90 Å². The minimum Gasteiger partial charge on any atom is -0.322 e. The highest BCUT2D eigenvalue weighted by Gasteiger charge is 2.28. The lowest BCUT2D eigenvalue weighted by Gasteiger charge is -2.33. The van der Waals surface area contributed by atoms with Crippen LogP contribution in [-0.2, 0) is 10.0 Å². The molecule has 1 aliphatic heterocycles. The van der Waals surface area contributed by atoms with Crippen LogP contribution < -0.4 is 5.32 Å². The van der Waals surface area contributed by atoms with Gasteiger partial charge in [-0.05, 0) is 48.0 Å². The first-order valence-corrected chi connectivity index (χ1v) is 12.2. The summed E-state index contributed by atoms with van der Waals surface area (Å²) in [7, 11) is -3.54. The standard InChI is InChI=1S/C25H27N3O3S/c1-2-27-16-18-28(19-17-27)32(30,31)22-14-12-21(13-15-22)26-25(29)24-11-7-6-10-23(24)20-8-4-3-5-9-20/h3-15H,2,16-19H2,1H3,(H,26,29). The third-order valence-electron chi connectivity index (χ3n) is 5.78. The van der Waals surface area contributed by atoms with Gasteiger partial charge in [-0.2, -0.15) is 4.31 Å². The Kier molecular flexibility index (Phi) is 6.69. The first-order chi connectivity index (χ1) is 15.5. The second-order valence-corrected chi connectivity index (χ2v) is 9.67. The molecule has 1 saturated heterocycles. The number of piperazine rings is 1. The summed E-state index contributed by atoms with van der Waals surface area (Å²) in [4.78, 5) is 15.4. The van der Waals surface area contributed by atoms with E-state index in [4.69, 9.17) is 0 Å². The molecular weight excluding hydrogens is 422 g/mol. The molecule has 0 bridgehead atoms. The maximum atomic E-state index is 13.0. The average molecular weight is 450 g/mol. The Morgan fingerprint density at radius 3 is 2.12 bits per heavy atom. The number of anilines is 1. The monoisotopic (exact) mass is 449 g/mol. The van der Waals surface area contributed by atoms with E-state index in [-0.39, 0.29) is 10.8 Å². The molecule has 0 saturated carbocycles. The van der Waals surface area contributed by atoms with E-state index in [1.165, 1.54) is 4.31 Å². The van der Waals surface area contributed by atoms with E-state index in [0.717, 1.165) is 30.8 Å². The van der Waals surface area contributed by atoms with E-state index in [2.05, 4.69) is 17.1 Å². The van der Waals surface area contributed by atoms with Crippen LogP contribution in [0.4, 0.5) is 5.69 Å². The third-order valence-corrected chi connectivity index (χ3v) is 7.70. The van der Waals surface area contributed by atoms with E-state index in [1.807, 2.05) is 48.5 Å². The zero-order chi connectivity index (χ0) is 22.6. The van der Waals surface area contributed by atoms with Crippen molar-refractivity contribution in [3.05, 3.63) is 84.4 Å². The summed E-state index contributed by atoms with van der Waals surface area (Å²) >= 11 is 0. The molecule has 32 heavy (non-hydrogen) atoms. The SMILES string of the molecule is CCN1CCN(S(=O)(=O)c2ccc(NC(=O)c3ccccc3-c3ccccc3)cc2)CC1. The molecule has 0 aromatic heterocycles. The Balaban J connectivity index is 1.49. The number of benzene rings is 3. The van der Waals surface area contributed by atoms with Crippen molar-refractivity contribution in [3.8, 4) is 11.1 Å². The smallest absolute Gasteiger partial charge is 0.256 e. The van der Waals surface area contributed by atoms with Gasteiger partial charge >= 0.3 is 0 Å². The van der Waals surface area contributed by atoms with Gasteiger partial charge in [-0.1, -0.05) is 55.5 Å². The van der Waals surface area contributed by atoms with Crippen molar-refractivity contribution in [2.75, 3.05) is 38.0 Å². The first kappa shape index (κ1) is 22.2. The lowest BCUT2D eigenvalue weighted by Crippen LogP contribution is -2.48. The maximum Gasteiger partial charge on any atom is 0.256 e. The highest BCUT2D eigenvalue weighted by atomic mass is 32.2. The molecule has 7 heteroatoms. The zero-order valence-corrected chi connectivity index (χ0v) is 18.9. The second-order valence-electron chi connectivity index (χ2n) is 7.73. The zero-order valence-electron chi connectivity index (χ0n) is 18.1. The summed E-state index contributed by atoms with van der Waals surface area (Å²) in [5.74, 6) is -0.240. The van der Waals surface area contributed by atoms with Crippen molar-refractivity contribution in [2.24, 2.45) is 0 Å². The summed E-state index contributed by atoms with van der Waals surface area (Å²) in [6, 6.07) is 23.6. The summed E-state index contributed by atoms with van der Waals surface area (Å²) in [6.07, 6.45) is 0. The molecule has 1 aliphatic rings. The van der Waals surface area contributed by atoms with Crippen molar-refractivity contribution < 1.29 is 13.2 Å². The Bertz CT molecular complexity index is 1170. The van der Waals surface area contributed by atoms with E-state index in [9.17, 15) is 13.2 Å². The number of carbonyl (C=O) groups is 1. The molecular formula is C25H27N3O3S. The van der Waals surface area contributed by atoms with Crippen molar-refractivity contribution in [3.63, 3.8) is 0 Å². The predicted molar refractivity (Wildman–Crippen MR) is 127 cm³/mol. The number of nitrogens with zero attached hydrogens (tertiary/aromatic N) is 2. The van der Waals surface area contributed by atoms with Crippen LogP contribution in [0.3, 0.4) is 0 Å². The molecule has 6 nitrogen and oxygen atoms in total. The van der Waals surface area contributed by atoms with Crippen LogP contribution in [0.15, 0.2) is 83.8 Å². The number of sulfonamides is 1. The number of hydrogen-bond acceptors (Lipinski definition) is 4. The molecule has 1 fully saturated rings. The molecule has 0 unspecified atom stereocenters. The molecule has 1 N–H and O–H groups in total. The predicted octanol–water partition coefficient (Wildman–Crippen LogP) is 3.93. The summed E-state index contributed by atoms with van der Waals surface area (Å²) in [5.41, 5.74) is 2.91. The van der Waals surface area contributed by atoms with Gasteiger partial charge < -0.3 is 10.2 Å². The van der Waals surface area contributed by atoms with Gasteiger partial charge in [0.1, 0.15) is 0 Å². The van der Waals surface area contributed by atoms with Crippen LogP contribution >= 0.6 is 0 Å². The van der Waals surface area contributed by atoms with Gasteiger partial charge in [0, 0.05) is 37.4 Å². The van der Waals surface area contributed by atoms with Crippen LogP contribution in [0.25, 0.3) is 11.1 Å². The minimum absolute atomic E-state index is 0.240. The largest absolute Gasteiger partial charge is 0.322 e. The van der Waals surface area contributed by atoms with Gasteiger partial charge in [-0.15, -0.1) is 0 Å². The molecule has 166 valence electrons. The Hall–Kier alpha value is -3.00. The van der Waals surface area contributed by atoms with Crippen molar-refractivity contribution in [1.82, 2.24) is 9.21 Å². The summed E-state index contributed by atoms with van der Waals surface area (Å²) < 4.78 is 27.4. The highest BCUT2D eigenvalue weighted by Crippen LogP contribution is 2.25. The lowest BCUT2D eigenvalue weighted by atomic mass is 9.99. The number of likely N-dealkylation sites (N-methyl/N-ethyl adjacent to an activating group) is 1. The number of amides is 1. The molecule has 0 spiro atoms. The normalized spacial score (nSPS) is 15.4. The fourth-order valence-corrected chi connectivity index (χ4v) is 5.32. The fourth-order valence-electron chi connectivity index (χ4n) is 3.89. The van der Waals surface area contributed by atoms with Crippen LogP contribution in [0.1, 0.15) is 17.3 Å². The first-order valence-electron chi connectivity index (χ1n) is 10.8. The molecule has 0 radical (unpaired) electrons. The fraction of sp³-hybridized carbons (Fsp3) is 0.240. The lowest BCUT2D eigenvalue weighted by molar-refractivity contribution is 0.102. The van der Waals surface area contributed by atoms with Crippen molar-refractivity contribution >= 4 is 21.6 Å². The van der Waals surface area contributed by atoms with Crippen LogP contribution in [0, 0.1) is 0 Å². The molecule has 0 aliphatic carbocycles. The highest BCUT2D eigenvalue weighted by molar-refractivity contribution is 7.89. The van der Waals surface area contributed by atoms with Crippen LogP contribution in [0.2, 0.25) is 0 Å². The Morgan fingerprint density at radius 1 is 0.844 bits per heavy atom. The Labute approximate surface area is 189 Å². The van der Waals surface area contributed by atoms with E-state index in [0.29, 0.717) is 24.3 Å². The second kappa shape index (κ2) is 9.65. The topological polar surface area (TPSA) is 69.7 Å². The molecule has 1 amide bonds. The number of hydrogen-bond donors (Lipinski definition) is 1. The number of nitrogens with one attached hydrogen (secondary N) is 1. The average Bonchev–Trinajstić information content (AvgIpc) is 2.85. The molecule has 0 atom stereocenters. The summed E-state index contributed by atoms with van der Waals surface area (Å²) in [5, 5.41) is 2.89. The maximum absolute atomic E-state index is 13.0. The van der Waals surface area contributed by atoms with Crippen molar-refractivity contribution in [2.45, 2.75) is 11.8 Å². The number of rotatable bonds is 6.